The van der Waals surface area contributed by atoms with Crippen LogP contribution in [-0.2, 0) is 11.2 Å². The number of hydrogen-bond acceptors (Lipinski definition) is 2. The van der Waals surface area contributed by atoms with E-state index in [1.165, 1.54) is 22.3 Å². The van der Waals surface area contributed by atoms with Crippen LogP contribution in [-0.4, -0.2) is 11.6 Å². The van der Waals surface area contributed by atoms with E-state index in [2.05, 4.69) is 37.9 Å². The Morgan fingerprint density at radius 2 is 1.69 bits per heavy atom. The smallest absolute Gasteiger partial charge is 0.211 e. The summed E-state index contributed by atoms with van der Waals surface area (Å²) >= 11 is 0. The lowest BCUT2D eigenvalue weighted by atomic mass is 9.89. The van der Waals surface area contributed by atoms with Crippen LogP contribution in [0, 0.1) is 20.8 Å². The standard InChI is InChI=1S/C14H19NO/c1-10-6-11(2)13(12(3)7-10)8-14(4,5)15-9-16/h6-7H,8H2,1-5H3. The van der Waals surface area contributed by atoms with Gasteiger partial charge in [0.25, 0.3) is 0 Å². The van der Waals surface area contributed by atoms with Crippen LogP contribution >= 0.6 is 0 Å². The van der Waals surface area contributed by atoms with Crippen LogP contribution in [0.5, 0.6) is 0 Å². The molecule has 86 valence electrons. The predicted molar refractivity (Wildman–Crippen MR) is 66.6 cm³/mol. The molecule has 0 radical (unpaired) electrons. The molecule has 0 aliphatic heterocycles. The Bertz CT molecular complexity index is 417. The Hall–Kier alpha value is -1.40. The number of aryl methyl sites for hydroxylation is 3. The van der Waals surface area contributed by atoms with Gasteiger partial charge in [-0.15, -0.1) is 0 Å². The zero-order chi connectivity index (χ0) is 12.3. The van der Waals surface area contributed by atoms with Gasteiger partial charge in [-0.05, 0) is 57.7 Å². The fourth-order valence-electron chi connectivity index (χ4n) is 2.08. The number of aliphatic imine (C=N–C) groups is 1. The molecule has 0 atom stereocenters. The third kappa shape index (κ3) is 3.04. The molecule has 0 aromatic heterocycles. The van der Waals surface area contributed by atoms with Crippen molar-refractivity contribution in [1.29, 1.82) is 0 Å². The van der Waals surface area contributed by atoms with E-state index in [0.29, 0.717) is 0 Å². The fraction of sp³-hybridized carbons (Fsp3) is 0.500. The molecule has 2 heteroatoms. The molecule has 0 unspecified atom stereocenters. The third-order valence-electron chi connectivity index (χ3n) is 2.80. The van der Waals surface area contributed by atoms with Crippen LogP contribution in [0.4, 0.5) is 0 Å². The summed E-state index contributed by atoms with van der Waals surface area (Å²) in [6, 6.07) is 4.34. The number of hydrogen-bond donors (Lipinski definition) is 0. The summed E-state index contributed by atoms with van der Waals surface area (Å²) < 4.78 is 0. The van der Waals surface area contributed by atoms with Gasteiger partial charge < -0.3 is 0 Å². The molecule has 0 aliphatic carbocycles. The minimum absolute atomic E-state index is 0.369. The number of isocyanates is 1. The molecule has 0 fully saturated rings. The van der Waals surface area contributed by atoms with Crippen LogP contribution < -0.4 is 0 Å². The molecule has 0 saturated heterocycles. The Kier molecular flexibility index (Phi) is 3.66. The highest BCUT2D eigenvalue weighted by Gasteiger charge is 2.19. The van der Waals surface area contributed by atoms with Gasteiger partial charge in [-0.3, -0.25) is 0 Å². The molecule has 0 aliphatic rings. The van der Waals surface area contributed by atoms with Crippen molar-refractivity contribution in [3.05, 3.63) is 34.4 Å². The highest BCUT2D eigenvalue weighted by molar-refractivity contribution is 5.40. The summed E-state index contributed by atoms with van der Waals surface area (Å²) in [7, 11) is 0. The minimum atomic E-state index is -0.369. The first-order chi connectivity index (χ1) is 7.35. The summed E-state index contributed by atoms with van der Waals surface area (Å²) in [5, 5.41) is 0. The van der Waals surface area contributed by atoms with Crippen LogP contribution in [0.2, 0.25) is 0 Å². The van der Waals surface area contributed by atoms with Gasteiger partial charge in [-0.1, -0.05) is 17.7 Å². The lowest BCUT2D eigenvalue weighted by Crippen LogP contribution is -2.21. The lowest BCUT2D eigenvalue weighted by Gasteiger charge is -2.20. The first-order valence-corrected chi connectivity index (χ1v) is 5.51. The first-order valence-electron chi connectivity index (χ1n) is 5.51. The van der Waals surface area contributed by atoms with Crippen LogP contribution in [0.15, 0.2) is 17.1 Å². The van der Waals surface area contributed by atoms with Gasteiger partial charge in [0.2, 0.25) is 6.08 Å². The molecule has 0 heterocycles. The number of rotatable bonds is 3. The summed E-state index contributed by atoms with van der Waals surface area (Å²) in [5.74, 6) is 0. The largest absolute Gasteiger partial charge is 0.235 e. The van der Waals surface area contributed by atoms with Crippen molar-refractivity contribution in [2.75, 3.05) is 0 Å². The van der Waals surface area contributed by atoms with E-state index in [-0.39, 0.29) is 5.54 Å². The minimum Gasteiger partial charge on any atom is -0.211 e. The monoisotopic (exact) mass is 217 g/mol. The second kappa shape index (κ2) is 4.63. The lowest BCUT2D eigenvalue weighted by molar-refractivity contribution is 0.499. The van der Waals surface area contributed by atoms with Crippen molar-refractivity contribution in [2.45, 2.75) is 46.6 Å². The molecule has 1 rings (SSSR count). The summed E-state index contributed by atoms with van der Waals surface area (Å²) in [4.78, 5) is 14.2. The highest BCUT2D eigenvalue weighted by atomic mass is 16.1. The molecule has 0 spiro atoms. The average Bonchev–Trinajstić information content (AvgIpc) is 2.11. The van der Waals surface area contributed by atoms with Gasteiger partial charge in [0.15, 0.2) is 0 Å². The van der Waals surface area contributed by atoms with Crippen LogP contribution in [0.25, 0.3) is 0 Å². The second-order valence-electron chi connectivity index (χ2n) is 5.07. The Labute approximate surface area is 97.4 Å². The quantitative estimate of drug-likeness (QED) is 0.564. The summed E-state index contributed by atoms with van der Waals surface area (Å²) in [6.45, 7) is 10.2. The Balaban J connectivity index is 3.11. The van der Waals surface area contributed by atoms with Gasteiger partial charge in [-0.25, -0.2) is 4.79 Å². The Morgan fingerprint density at radius 1 is 1.19 bits per heavy atom. The molecule has 1 aromatic carbocycles. The van der Waals surface area contributed by atoms with E-state index >= 15 is 0 Å². The van der Waals surface area contributed by atoms with Crippen molar-refractivity contribution < 1.29 is 4.79 Å². The molecule has 16 heavy (non-hydrogen) atoms. The van der Waals surface area contributed by atoms with Crippen molar-refractivity contribution in [3.8, 4) is 0 Å². The summed E-state index contributed by atoms with van der Waals surface area (Å²) in [6.07, 6.45) is 2.43. The van der Waals surface area contributed by atoms with E-state index in [4.69, 9.17) is 0 Å². The van der Waals surface area contributed by atoms with Crippen molar-refractivity contribution in [2.24, 2.45) is 4.99 Å². The maximum Gasteiger partial charge on any atom is 0.235 e. The maximum atomic E-state index is 10.3. The molecule has 0 N–H and O–H groups in total. The van der Waals surface area contributed by atoms with Crippen LogP contribution in [0.3, 0.4) is 0 Å². The topological polar surface area (TPSA) is 29.4 Å². The SMILES string of the molecule is Cc1cc(C)c(CC(C)(C)N=C=O)c(C)c1. The van der Waals surface area contributed by atoms with Crippen molar-refractivity contribution in [3.63, 3.8) is 0 Å². The van der Waals surface area contributed by atoms with Crippen molar-refractivity contribution >= 4 is 6.08 Å². The number of benzene rings is 1. The van der Waals surface area contributed by atoms with E-state index in [1.54, 1.807) is 6.08 Å². The second-order valence-corrected chi connectivity index (χ2v) is 5.07. The van der Waals surface area contributed by atoms with E-state index in [0.717, 1.165) is 6.42 Å². The molecular formula is C14H19NO. The average molecular weight is 217 g/mol. The van der Waals surface area contributed by atoms with Gasteiger partial charge in [0, 0.05) is 0 Å². The normalized spacial score (nSPS) is 11.1. The zero-order valence-corrected chi connectivity index (χ0v) is 10.7. The predicted octanol–water partition coefficient (Wildman–Crippen LogP) is 3.27. The molecule has 0 amide bonds. The van der Waals surface area contributed by atoms with Gasteiger partial charge in [0.1, 0.15) is 0 Å². The maximum absolute atomic E-state index is 10.3. The van der Waals surface area contributed by atoms with Crippen molar-refractivity contribution in [1.82, 2.24) is 0 Å². The molecule has 1 aromatic rings. The van der Waals surface area contributed by atoms with E-state index in [1.807, 2.05) is 13.8 Å². The van der Waals surface area contributed by atoms with Crippen LogP contribution in [0.1, 0.15) is 36.1 Å². The molecule has 0 bridgehead atoms. The number of carbonyl (C=O) groups excluding carboxylic acids is 1. The first kappa shape index (κ1) is 12.7. The summed E-state index contributed by atoms with van der Waals surface area (Å²) in [5.41, 5.74) is 4.73. The van der Waals surface area contributed by atoms with Gasteiger partial charge in [-0.2, -0.15) is 4.99 Å². The van der Waals surface area contributed by atoms with Gasteiger partial charge >= 0.3 is 0 Å². The van der Waals surface area contributed by atoms with Gasteiger partial charge in [0.05, 0.1) is 5.54 Å². The van der Waals surface area contributed by atoms with E-state index < -0.39 is 0 Å². The fourth-order valence-corrected chi connectivity index (χ4v) is 2.08. The number of nitrogens with zero attached hydrogens (tertiary/aromatic N) is 1. The van der Waals surface area contributed by atoms with E-state index in [9.17, 15) is 4.79 Å². The Morgan fingerprint density at radius 3 is 2.12 bits per heavy atom. The zero-order valence-electron chi connectivity index (χ0n) is 10.7. The highest BCUT2D eigenvalue weighted by Crippen LogP contribution is 2.23. The molecular weight excluding hydrogens is 198 g/mol. The molecule has 0 saturated carbocycles. The third-order valence-corrected chi connectivity index (χ3v) is 2.80. The molecule has 2 nitrogen and oxygen atoms in total.